The second-order valence-corrected chi connectivity index (χ2v) is 1.41. The van der Waals surface area contributed by atoms with Crippen LogP contribution in [0.25, 0.3) is 0 Å². The van der Waals surface area contributed by atoms with Gasteiger partial charge in [0.2, 0.25) is 0 Å². The molecule has 0 aliphatic carbocycles. The molecule has 0 aromatic heterocycles. The van der Waals surface area contributed by atoms with Crippen LogP contribution in [-0.2, 0) is 0 Å². The van der Waals surface area contributed by atoms with E-state index < -0.39 is 0 Å². The van der Waals surface area contributed by atoms with E-state index in [2.05, 4.69) is 0 Å². The molecule has 0 unspecified atom stereocenters. The van der Waals surface area contributed by atoms with Crippen LogP contribution in [0.5, 0.6) is 0 Å². The molecule has 0 heterocycles. The zero-order valence-electron chi connectivity index (χ0n) is 3.96. The van der Waals surface area contributed by atoms with Gasteiger partial charge in [-0.05, 0) is 12.1 Å². The fraction of sp³-hybridized carbons (Fsp3) is 0. The topological polar surface area (TPSA) is 26.0 Å². The Kier molecular flexibility index (Phi) is 0.984. The van der Waals surface area contributed by atoms with Crippen molar-refractivity contribution < 1.29 is 0 Å². The Morgan fingerprint density at radius 2 is 1.57 bits per heavy atom. The smallest absolute Gasteiger partial charge is 0.0313 e. The van der Waals surface area contributed by atoms with Crippen LogP contribution in [0.2, 0.25) is 0 Å². The molecule has 0 aliphatic rings. The van der Waals surface area contributed by atoms with Crippen molar-refractivity contribution in [3.63, 3.8) is 0 Å². The number of hydrogen-bond acceptors (Lipinski definition) is 1. The summed E-state index contributed by atoms with van der Waals surface area (Å²) in [6, 6.07) is 9.49. The lowest BCUT2D eigenvalue weighted by Crippen LogP contribution is -1.79. The fourth-order valence-electron chi connectivity index (χ4n) is 0.453. The van der Waals surface area contributed by atoms with E-state index >= 15 is 0 Å². The van der Waals surface area contributed by atoms with Gasteiger partial charge in [0.15, 0.2) is 0 Å². The lowest BCUT2D eigenvalue weighted by atomic mass is 10.3. The number of nitrogens with two attached hydrogens (primary N) is 1. The Morgan fingerprint density at radius 3 is 1.86 bits per heavy atom. The monoisotopic (exact) mass is 93.1 g/mol. The van der Waals surface area contributed by atoms with Gasteiger partial charge in [-0.2, -0.15) is 0 Å². The number of anilines is 1. The predicted molar refractivity (Wildman–Crippen MR) is 30.9 cm³/mol. The average Bonchev–Trinajstić information content (AvgIpc) is 1.69. The Hall–Kier alpha value is -0.980. The number of benzene rings is 1. The van der Waals surface area contributed by atoms with Gasteiger partial charge in [0, 0.05) is 5.69 Å². The first kappa shape index (κ1) is 4.19. The van der Waals surface area contributed by atoms with Gasteiger partial charge in [-0.3, -0.25) is 0 Å². The molecule has 0 saturated heterocycles. The number of para-hydroxylation sites is 1. The molecule has 0 fully saturated rings. The minimum Gasteiger partial charge on any atom is -0.399 e. The van der Waals surface area contributed by atoms with Gasteiger partial charge in [-0.25, -0.2) is 0 Å². The van der Waals surface area contributed by atoms with Crippen LogP contribution >= 0.6 is 0 Å². The molecule has 1 heteroatoms. The highest BCUT2D eigenvalue weighted by Crippen LogP contribution is 1.95. The molecule has 0 bridgehead atoms. The molecule has 2 N–H and O–H groups in total. The maximum atomic E-state index is 5.36. The van der Waals surface area contributed by atoms with E-state index in [0.29, 0.717) is 0 Å². The van der Waals surface area contributed by atoms with Crippen molar-refractivity contribution in [2.75, 3.05) is 5.73 Å². The van der Waals surface area contributed by atoms with Crippen LogP contribution in [0.15, 0.2) is 30.3 Å². The van der Waals surface area contributed by atoms with E-state index in [1.807, 2.05) is 30.3 Å². The van der Waals surface area contributed by atoms with Crippen LogP contribution in [0.4, 0.5) is 5.69 Å². The second kappa shape index (κ2) is 1.65. The van der Waals surface area contributed by atoms with Crippen molar-refractivity contribution in [1.29, 1.82) is 0 Å². The Bertz CT molecular complexity index is 134. The van der Waals surface area contributed by atoms with Gasteiger partial charge in [0.25, 0.3) is 0 Å². The molecule has 0 radical (unpaired) electrons. The summed E-state index contributed by atoms with van der Waals surface area (Å²) in [5, 5.41) is 0. The third kappa shape index (κ3) is 0.929. The zero-order chi connectivity index (χ0) is 5.11. The fourth-order valence-corrected chi connectivity index (χ4v) is 0.453. The van der Waals surface area contributed by atoms with Crippen molar-refractivity contribution in [2.24, 2.45) is 0 Å². The average molecular weight is 93.1 g/mol. The maximum absolute atomic E-state index is 5.36. The highest BCUT2D eigenvalue weighted by atomic mass is 14.5. The van der Waals surface area contributed by atoms with Crippen molar-refractivity contribution >= 4 is 5.69 Å². The van der Waals surface area contributed by atoms with E-state index in [0.717, 1.165) is 5.69 Å². The number of rotatable bonds is 0. The highest BCUT2D eigenvalue weighted by molar-refractivity contribution is 5.35. The van der Waals surface area contributed by atoms with E-state index in [1.54, 1.807) is 0 Å². The van der Waals surface area contributed by atoms with Gasteiger partial charge in [-0.15, -0.1) is 0 Å². The minimum atomic E-state index is 0.822. The summed E-state index contributed by atoms with van der Waals surface area (Å²) >= 11 is 0. The lowest BCUT2D eigenvalue weighted by Gasteiger charge is -1.83. The van der Waals surface area contributed by atoms with Gasteiger partial charge >= 0.3 is 0 Å². The molecule has 7 heavy (non-hydrogen) atoms. The standard InChI is InChI=1S/C6H7N/c7-6-4-2-1-3-5-6/h1-5H,7H2/i1+0,2+0,3+0,4+0,5+0,6+0. The van der Waals surface area contributed by atoms with Crippen molar-refractivity contribution in [1.82, 2.24) is 0 Å². The first-order valence-electron chi connectivity index (χ1n) is 2.20. The normalized spacial score (nSPS) is 8.57. The number of hydrogen-bond donors (Lipinski definition) is 1. The molecule has 1 aromatic carbocycles. The molecule has 1 aromatic rings. The summed E-state index contributed by atoms with van der Waals surface area (Å²) in [6.07, 6.45) is 0. The lowest BCUT2D eigenvalue weighted by molar-refractivity contribution is 1.69. The molecular weight excluding hydrogens is 86.0 g/mol. The van der Waals surface area contributed by atoms with E-state index in [9.17, 15) is 0 Å². The molecule has 0 saturated carbocycles. The van der Waals surface area contributed by atoms with Gasteiger partial charge in [0.1, 0.15) is 0 Å². The Labute approximate surface area is 42.8 Å². The summed E-state index contributed by atoms with van der Waals surface area (Å²) in [5.41, 5.74) is 6.18. The molecule has 0 aliphatic heterocycles. The van der Waals surface area contributed by atoms with Crippen LogP contribution in [0.1, 0.15) is 0 Å². The molecule has 36 valence electrons. The number of nitrogen functional groups attached to an aromatic ring is 1. The van der Waals surface area contributed by atoms with Crippen LogP contribution in [0, 0.1) is 0 Å². The third-order valence-corrected chi connectivity index (χ3v) is 0.800. The quantitative estimate of drug-likeness (QED) is 0.480. The minimum absolute atomic E-state index is 0.822. The summed E-state index contributed by atoms with van der Waals surface area (Å²) < 4.78 is 0. The predicted octanol–water partition coefficient (Wildman–Crippen LogP) is 1.27. The highest BCUT2D eigenvalue weighted by Gasteiger charge is 1.72. The molecule has 1 rings (SSSR count). The summed E-state index contributed by atoms with van der Waals surface area (Å²) in [7, 11) is 0. The Morgan fingerprint density at radius 1 is 1.00 bits per heavy atom. The maximum Gasteiger partial charge on any atom is 0.0313 e. The molecule has 0 atom stereocenters. The van der Waals surface area contributed by atoms with E-state index in [1.165, 1.54) is 0 Å². The van der Waals surface area contributed by atoms with Crippen molar-refractivity contribution in [2.45, 2.75) is 0 Å². The first-order chi connectivity index (χ1) is 3.39. The summed E-state index contributed by atoms with van der Waals surface area (Å²) in [4.78, 5) is 0. The summed E-state index contributed by atoms with van der Waals surface area (Å²) in [6.45, 7) is 0. The molecule has 0 spiro atoms. The summed E-state index contributed by atoms with van der Waals surface area (Å²) in [5.74, 6) is 0. The van der Waals surface area contributed by atoms with Crippen molar-refractivity contribution in [3.05, 3.63) is 30.3 Å². The van der Waals surface area contributed by atoms with E-state index in [4.69, 9.17) is 5.73 Å². The van der Waals surface area contributed by atoms with Gasteiger partial charge in [-0.1, -0.05) is 18.2 Å². The second-order valence-electron chi connectivity index (χ2n) is 1.41. The van der Waals surface area contributed by atoms with Crippen LogP contribution < -0.4 is 5.73 Å². The zero-order valence-corrected chi connectivity index (χ0v) is 3.96. The Balaban J connectivity index is 3.02. The molecule has 1 nitrogen and oxygen atoms in total. The molecular formula is C6H7N. The first-order valence-corrected chi connectivity index (χ1v) is 2.20. The van der Waals surface area contributed by atoms with Crippen LogP contribution in [-0.4, -0.2) is 0 Å². The van der Waals surface area contributed by atoms with Gasteiger partial charge < -0.3 is 5.73 Å². The molecule has 0 amide bonds. The third-order valence-electron chi connectivity index (χ3n) is 0.800. The van der Waals surface area contributed by atoms with Gasteiger partial charge in [0.05, 0.1) is 0 Å². The largest absolute Gasteiger partial charge is 0.399 e. The van der Waals surface area contributed by atoms with Crippen molar-refractivity contribution in [3.8, 4) is 0 Å². The van der Waals surface area contributed by atoms with E-state index in [-0.39, 0.29) is 0 Å². The SMILES string of the molecule is N[12c]1[12cH][12cH][12cH][12cH][12cH]1. The van der Waals surface area contributed by atoms with Crippen LogP contribution in [0.3, 0.4) is 0 Å².